The van der Waals surface area contributed by atoms with E-state index in [4.69, 9.17) is 11.5 Å². The van der Waals surface area contributed by atoms with Crippen LogP contribution in [0.5, 0.6) is 0 Å². The van der Waals surface area contributed by atoms with Crippen molar-refractivity contribution in [2.75, 3.05) is 0 Å². The predicted octanol–water partition coefficient (Wildman–Crippen LogP) is 0.711. The second-order valence-corrected chi connectivity index (χ2v) is 3.86. The number of rotatable bonds is 3. The molecule has 1 aliphatic rings. The fraction of sp³-hybridized carbons (Fsp3) is 0.500. The van der Waals surface area contributed by atoms with Gasteiger partial charge in [-0.3, -0.25) is 4.79 Å². The Bertz CT molecular complexity index is 258. The molecule has 0 spiro atoms. The first kappa shape index (κ1) is 9.99. The van der Waals surface area contributed by atoms with Gasteiger partial charge in [0.15, 0.2) is 0 Å². The molecule has 1 aliphatic carbocycles. The summed E-state index contributed by atoms with van der Waals surface area (Å²) in [5, 5.41) is 0. The van der Waals surface area contributed by atoms with Crippen molar-refractivity contribution in [3.8, 4) is 0 Å². The first-order valence-corrected chi connectivity index (χ1v) is 4.43. The molecule has 13 heavy (non-hydrogen) atoms. The van der Waals surface area contributed by atoms with E-state index < -0.39 is 11.9 Å². The summed E-state index contributed by atoms with van der Waals surface area (Å²) in [5.41, 5.74) is 10.7. The van der Waals surface area contributed by atoms with Gasteiger partial charge in [-0.25, -0.2) is 0 Å². The van der Waals surface area contributed by atoms with Gasteiger partial charge in [-0.05, 0) is 18.3 Å². The molecular formula is C10H16N2O. The van der Waals surface area contributed by atoms with E-state index in [9.17, 15) is 4.79 Å². The lowest BCUT2D eigenvalue weighted by atomic mass is 9.78. The molecule has 0 fully saturated rings. The largest absolute Gasteiger partial charge is 0.368 e. The smallest absolute Gasteiger partial charge is 0.234 e. The van der Waals surface area contributed by atoms with Gasteiger partial charge in [0, 0.05) is 0 Å². The second kappa shape index (κ2) is 3.75. The highest BCUT2D eigenvalue weighted by atomic mass is 16.1. The van der Waals surface area contributed by atoms with Crippen LogP contribution in [0.25, 0.3) is 0 Å². The number of hydrogen-bond acceptors (Lipinski definition) is 2. The minimum atomic E-state index is -0.541. The van der Waals surface area contributed by atoms with Crippen LogP contribution in [0.15, 0.2) is 24.3 Å². The number of carbonyl (C=O) groups is 1. The number of carbonyl (C=O) groups excluding carboxylic acids is 1. The van der Waals surface area contributed by atoms with E-state index in [1.54, 1.807) is 0 Å². The predicted molar refractivity (Wildman–Crippen MR) is 52.8 cm³/mol. The summed E-state index contributed by atoms with van der Waals surface area (Å²) in [5.74, 6) is -0.427. The minimum Gasteiger partial charge on any atom is -0.368 e. The van der Waals surface area contributed by atoms with Gasteiger partial charge in [0.05, 0.1) is 6.04 Å². The summed E-state index contributed by atoms with van der Waals surface area (Å²) in [6.45, 7) is 2.08. The molecule has 1 unspecified atom stereocenters. The Morgan fingerprint density at radius 2 is 2.31 bits per heavy atom. The Balaban J connectivity index is 2.57. The summed E-state index contributed by atoms with van der Waals surface area (Å²) in [7, 11) is 0. The van der Waals surface area contributed by atoms with Gasteiger partial charge in [0.25, 0.3) is 0 Å². The van der Waals surface area contributed by atoms with Crippen molar-refractivity contribution in [2.45, 2.75) is 25.8 Å². The van der Waals surface area contributed by atoms with Gasteiger partial charge < -0.3 is 11.5 Å². The maximum Gasteiger partial charge on any atom is 0.234 e. The monoisotopic (exact) mass is 180 g/mol. The molecule has 0 radical (unpaired) electrons. The number of allylic oxidation sites excluding steroid dienone is 4. The van der Waals surface area contributed by atoms with Crippen molar-refractivity contribution in [3.05, 3.63) is 24.3 Å². The first-order chi connectivity index (χ1) is 6.03. The summed E-state index contributed by atoms with van der Waals surface area (Å²) < 4.78 is 0. The van der Waals surface area contributed by atoms with Gasteiger partial charge in [-0.1, -0.05) is 31.2 Å². The summed E-state index contributed by atoms with van der Waals surface area (Å²) in [4.78, 5) is 10.8. The average Bonchev–Trinajstić information content (AvgIpc) is 2.04. The van der Waals surface area contributed by atoms with E-state index in [0.717, 1.165) is 6.42 Å². The lowest BCUT2D eigenvalue weighted by molar-refractivity contribution is -0.119. The third-order valence-corrected chi connectivity index (χ3v) is 2.38. The van der Waals surface area contributed by atoms with Crippen LogP contribution in [0, 0.1) is 5.41 Å². The van der Waals surface area contributed by atoms with Gasteiger partial charge in [0.2, 0.25) is 5.91 Å². The van der Waals surface area contributed by atoms with Crippen molar-refractivity contribution in [1.29, 1.82) is 0 Å². The highest BCUT2D eigenvalue weighted by molar-refractivity contribution is 5.79. The van der Waals surface area contributed by atoms with E-state index in [2.05, 4.69) is 19.1 Å². The van der Waals surface area contributed by atoms with E-state index >= 15 is 0 Å². The zero-order valence-electron chi connectivity index (χ0n) is 7.86. The van der Waals surface area contributed by atoms with Gasteiger partial charge in [-0.2, -0.15) is 0 Å². The van der Waals surface area contributed by atoms with Crippen LogP contribution in [0.3, 0.4) is 0 Å². The molecular weight excluding hydrogens is 164 g/mol. The molecule has 0 bridgehead atoms. The first-order valence-electron chi connectivity index (χ1n) is 4.43. The van der Waals surface area contributed by atoms with Crippen LogP contribution >= 0.6 is 0 Å². The van der Waals surface area contributed by atoms with Crippen molar-refractivity contribution in [1.82, 2.24) is 0 Å². The second-order valence-electron chi connectivity index (χ2n) is 3.86. The van der Waals surface area contributed by atoms with E-state index in [1.807, 2.05) is 12.2 Å². The Morgan fingerprint density at radius 1 is 1.62 bits per heavy atom. The van der Waals surface area contributed by atoms with Crippen LogP contribution in [-0.4, -0.2) is 11.9 Å². The Hall–Kier alpha value is -1.09. The molecule has 1 rings (SSSR count). The lowest BCUT2D eigenvalue weighted by Gasteiger charge is -2.28. The number of amides is 1. The molecule has 0 saturated heterocycles. The molecule has 0 aliphatic heterocycles. The normalized spacial score (nSPS) is 28.8. The molecule has 0 aromatic carbocycles. The van der Waals surface area contributed by atoms with Crippen LogP contribution in [0.4, 0.5) is 0 Å². The summed E-state index contributed by atoms with van der Waals surface area (Å²) >= 11 is 0. The van der Waals surface area contributed by atoms with Crippen LogP contribution in [0.2, 0.25) is 0 Å². The van der Waals surface area contributed by atoms with Crippen LogP contribution < -0.4 is 11.5 Å². The molecule has 1 amide bonds. The molecule has 0 heterocycles. The molecule has 0 saturated carbocycles. The highest BCUT2D eigenvalue weighted by Gasteiger charge is 2.25. The molecule has 72 valence electrons. The molecule has 2 atom stereocenters. The van der Waals surface area contributed by atoms with Gasteiger partial charge in [0.1, 0.15) is 0 Å². The Kier molecular flexibility index (Phi) is 2.88. The molecule has 3 nitrogen and oxygen atoms in total. The topological polar surface area (TPSA) is 69.1 Å². The van der Waals surface area contributed by atoms with Crippen LogP contribution in [-0.2, 0) is 4.79 Å². The maximum absolute atomic E-state index is 10.8. The van der Waals surface area contributed by atoms with E-state index in [1.165, 1.54) is 0 Å². The van der Waals surface area contributed by atoms with E-state index in [-0.39, 0.29) is 5.41 Å². The Morgan fingerprint density at radius 3 is 2.77 bits per heavy atom. The fourth-order valence-electron chi connectivity index (χ4n) is 1.53. The van der Waals surface area contributed by atoms with Crippen molar-refractivity contribution in [2.24, 2.45) is 16.9 Å². The SMILES string of the molecule is CC1(C[C@H](N)C(N)=O)C=CC=CC1. The standard InChI is InChI=1S/C10H16N2O/c1-10(5-3-2-4-6-10)7-8(11)9(12)13/h2-5,8H,6-7,11H2,1H3,(H2,12,13)/t8-,10?/m0/s1. The van der Waals surface area contributed by atoms with Crippen molar-refractivity contribution >= 4 is 5.91 Å². The molecule has 3 heteroatoms. The lowest BCUT2D eigenvalue weighted by Crippen LogP contribution is -2.40. The molecule has 0 aromatic rings. The van der Waals surface area contributed by atoms with Crippen molar-refractivity contribution in [3.63, 3.8) is 0 Å². The third kappa shape index (κ3) is 2.70. The number of hydrogen-bond donors (Lipinski definition) is 2. The van der Waals surface area contributed by atoms with Gasteiger partial charge in [-0.15, -0.1) is 0 Å². The average molecular weight is 180 g/mol. The summed E-state index contributed by atoms with van der Waals surface area (Å²) in [6, 6.07) is -0.541. The quantitative estimate of drug-likeness (QED) is 0.671. The van der Waals surface area contributed by atoms with Gasteiger partial charge >= 0.3 is 0 Å². The van der Waals surface area contributed by atoms with Crippen molar-refractivity contribution < 1.29 is 4.79 Å². The minimum absolute atomic E-state index is 0.0107. The molecule has 4 N–H and O–H groups in total. The zero-order chi connectivity index (χ0) is 9.90. The molecule has 0 aromatic heterocycles. The fourth-order valence-corrected chi connectivity index (χ4v) is 1.53. The Labute approximate surface area is 78.5 Å². The maximum atomic E-state index is 10.8. The van der Waals surface area contributed by atoms with Crippen LogP contribution in [0.1, 0.15) is 19.8 Å². The highest BCUT2D eigenvalue weighted by Crippen LogP contribution is 2.31. The van der Waals surface area contributed by atoms with E-state index in [0.29, 0.717) is 6.42 Å². The zero-order valence-corrected chi connectivity index (χ0v) is 7.86. The summed E-state index contributed by atoms with van der Waals surface area (Å²) in [6.07, 6.45) is 9.67. The number of nitrogens with two attached hydrogens (primary N) is 2. The third-order valence-electron chi connectivity index (χ3n) is 2.38. The number of primary amides is 1.